The van der Waals surface area contributed by atoms with E-state index in [1.54, 1.807) is 16.8 Å². The zero-order chi connectivity index (χ0) is 15.0. The number of aryl methyl sites for hydroxylation is 1. The molecule has 110 valence electrons. The molecule has 2 N–H and O–H groups in total. The number of carboxylic acid groups (broad SMARTS) is 1. The molecule has 1 atom stereocenters. The lowest BCUT2D eigenvalue weighted by Crippen LogP contribution is -2.27. The molecule has 1 aromatic carbocycles. The summed E-state index contributed by atoms with van der Waals surface area (Å²) in [4.78, 5) is 15.5. The van der Waals surface area contributed by atoms with Crippen LogP contribution in [0.2, 0.25) is 0 Å². The molecule has 3 rings (SSSR count). The van der Waals surface area contributed by atoms with Gasteiger partial charge < -0.3 is 14.9 Å². The van der Waals surface area contributed by atoms with Gasteiger partial charge in [0, 0.05) is 12.0 Å². The van der Waals surface area contributed by atoms with Crippen molar-refractivity contribution in [3.63, 3.8) is 0 Å². The smallest absolute Gasteiger partial charge is 0.308 e. The molecule has 1 aliphatic rings. The number of aromatic nitrogens is 3. The number of ether oxygens (including phenoxy) is 1. The highest BCUT2D eigenvalue weighted by Gasteiger charge is 2.26. The molecule has 21 heavy (non-hydrogen) atoms. The molecule has 0 amide bonds. The molecule has 1 aromatic heterocycles. The molecule has 7 heteroatoms. The van der Waals surface area contributed by atoms with E-state index < -0.39 is 11.9 Å². The Morgan fingerprint density at radius 1 is 1.48 bits per heavy atom. The zero-order valence-corrected chi connectivity index (χ0v) is 11.5. The number of benzene rings is 1. The van der Waals surface area contributed by atoms with Crippen molar-refractivity contribution in [2.75, 3.05) is 7.11 Å². The van der Waals surface area contributed by atoms with Crippen LogP contribution in [-0.2, 0) is 17.8 Å². The minimum atomic E-state index is -0.802. The lowest BCUT2D eigenvalue weighted by atomic mass is 10.0. The van der Waals surface area contributed by atoms with Crippen molar-refractivity contribution in [2.45, 2.75) is 19.4 Å². The van der Waals surface area contributed by atoms with E-state index in [1.165, 1.54) is 13.2 Å². The third-order valence-corrected chi connectivity index (χ3v) is 3.65. The predicted octanol–water partition coefficient (Wildman–Crippen LogP) is 1.31. The van der Waals surface area contributed by atoms with E-state index in [1.807, 2.05) is 0 Å². The molecule has 1 aliphatic heterocycles. The molecule has 0 saturated carbocycles. The van der Waals surface area contributed by atoms with Crippen LogP contribution >= 0.6 is 0 Å². The number of methoxy groups -OCH3 is 1. The maximum Gasteiger partial charge on any atom is 0.308 e. The van der Waals surface area contributed by atoms with Crippen molar-refractivity contribution < 1.29 is 19.7 Å². The van der Waals surface area contributed by atoms with Crippen molar-refractivity contribution in [3.05, 3.63) is 24.0 Å². The summed E-state index contributed by atoms with van der Waals surface area (Å²) in [5, 5.41) is 23.0. The lowest BCUT2D eigenvalue weighted by Gasteiger charge is -2.18. The van der Waals surface area contributed by atoms with Gasteiger partial charge in [-0.3, -0.25) is 4.79 Å². The average Bonchev–Trinajstić information content (AvgIpc) is 2.90. The van der Waals surface area contributed by atoms with E-state index >= 15 is 0 Å². The third kappa shape index (κ3) is 2.42. The van der Waals surface area contributed by atoms with Crippen molar-refractivity contribution in [1.29, 1.82) is 0 Å². The Morgan fingerprint density at radius 2 is 2.29 bits per heavy atom. The number of carboxylic acids is 1. The maximum atomic E-state index is 11.1. The van der Waals surface area contributed by atoms with E-state index in [-0.39, 0.29) is 5.75 Å². The topological polar surface area (TPSA) is 97.5 Å². The number of aliphatic carboxylic acids is 1. The first-order valence-corrected chi connectivity index (χ1v) is 6.62. The van der Waals surface area contributed by atoms with Gasteiger partial charge in [-0.05, 0) is 24.6 Å². The van der Waals surface area contributed by atoms with Gasteiger partial charge in [-0.15, -0.1) is 0 Å². The van der Waals surface area contributed by atoms with Gasteiger partial charge in [0.15, 0.2) is 17.3 Å². The van der Waals surface area contributed by atoms with Crippen LogP contribution in [0.15, 0.2) is 18.2 Å². The van der Waals surface area contributed by atoms with Gasteiger partial charge in [-0.25, -0.2) is 9.67 Å². The number of aromatic hydroxyl groups is 1. The average molecular weight is 289 g/mol. The monoisotopic (exact) mass is 289 g/mol. The third-order valence-electron chi connectivity index (χ3n) is 3.65. The molecule has 2 heterocycles. The minimum absolute atomic E-state index is 0.0520. The number of fused-ring (bicyclic) bond motifs is 1. The second-order valence-corrected chi connectivity index (χ2v) is 4.99. The Kier molecular flexibility index (Phi) is 3.25. The molecule has 0 bridgehead atoms. The second kappa shape index (κ2) is 5.08. The summed E-state index contributed by atoms with van der Waals surface area (Å²) in [7, 11) is 1.47. The number of rotatable bonds is 3. The molecular formula is C14H15N3O4. The minimum Gasteiger partial charge on any atom is -0.504 e. The van der Waals surface area contributed by atoms with Gasteiger partial charge in [0.05, 0.1) is 19.6 Å². The van der Waals surface area contributed by atoms with Crippen LogP contribution in [0, 0.1) is 5.92 Å². The van der Waals surface area contributed by atoms with Crippen molar-refractivity contribution in [3.8, 4) is 22.9 Å². The zero-order valence-electron chi connectivity index (χ0n) is 11.5. The van der Waals surface area contributed by atoms with Crippen LogP contribution in [0.25, 0.3) is 11.4 Å². The standard InChI is InChI=1S/C14H15N3O4/c1-21-11-6-8(2-4-10(11)18)13-15-12-5-3-9(14(19)20)7-17(12)16-13/h2,4,6,9,18H,3,5,7H2,1H3,(H,19,20). The molecule has 0 spiro atoms. The summed E-state index contributed by atoms with van der Waals surface area (Å²) in [5.41, 5.74) is 0.721. The number of nitrogens with zero attached hydrogens (tertiary/aromatic N) is 3. The predicted molar refractivity (Wildman–Crippen MR) is 73.1 cm³/mol. The normalized spacial score (nSPS) is 17.3. The molecule has 0 aliphatic carbocycles. The molecular weight excluding hydrogens is 274 g/mol. The van der Waals surface area contributed by atoms with Crippen LogP contribution in [-0.4, -0.2) is 38.1 Å². The molecule has 7 nitrogen and oxygen atoms in total. The van der Waals surface area contributed by atoms with Gasteiger partial charge in [0.1, 0.15) is 5.82 Å². The quantitative estimate of drug-likeness (QED) is 0.884. The lowest BCUT2D eigenvalue weighted by molar-refractivity contribution is -0.142. The Bertz CT molecular complexity index is 696. The number of hydrogen-bond acceptors (Lipinski definition) is 5. The maximum absolute atomic E-state index is 11.1. The largest absolute Gasteiger partial charge is 0.504 e. The summed E-state index contributed by atoms with van der Waals surface area (Å²) >= 11 is 0. The first-order chi connectivity index (χ1) is 10.1. The highest BCUT2D eigenvalue weighted by atomic mass is 16.5. The Balaban J connectivity index is 1.93. The van der Waals surface area contributed by atoms with Crippen LogP contribution < -0.4 is 4.74 Å². The number of carbonyl (C=O) groups is 1. The van der Waals surface area contributed by atoms with Crippen LogP contribution in [0.3, 0.4) is 0 Å². The van der Waals surface area contributed by atoms with Crippen molar-refractivity contribution in [2.24, 2.45) is 5.92 Å². The summed E-state index contributed by atoms with van der Waals surface area (Å²) in [6, 6.07) is 4.88. The van der Waals surface area contributed by atoms with Crippen LogP contribution in [0.5, 0.6) is 11.5 Å². The SMILES string of the molecule is COc1cc(-c2nc3n(n2)CC(C(=O)O)CC3)ccc1O. The van der Waals surface area contributed by atoms with Crippen molar-refractivity contribution >= 4 is 5.97 Å². The van der Waals surface area contributed by atoms with Gasteiger partial charge >= 0.3 is 5.97 Å². The first-order valence-electron chi connectivity index (χ1n) is 6.62. The van der Waals surface area contributed by atoms with Gasteiger partial charge in [0.2, 0.25) is 0 Å². The van der Waals surface area contributed by atoms with Gasteiger partial charge in [-0.2, -0.15) is 5.10 Å². The van der Waals surface area contributed by atoms with Gasteiger partial charge in [-0.1, -0.05) is 0 Å². The number of hydrogen-bond donors (Lipinski definition) is 2. The van der Waals surface area contributed by atoms with Gasteiger partial charge in [0.25, 0.3) is 0 Å². The summed E-state index contributed by atoms with van der Waals surface area (Å²) < 4.78 is 6.72. The van der Waals surface area contributed by atoms with E-state index in [0.717, 1.165) is 11.4 Å². The molecule has 0 radical (unpaired) electrons. The number of phenols is 1. The molecule has 2 aromatic rings. The number of phenolic OH excluding ortho intramolecular Hbond substituents is 1. The highest BCUT2D eigenvalue weighted by molar-refractivity contribution is 5.70. The van der Waals surface area contributed by atoms with E-state index in [4.69, 9.17) is 9.84 Å². The second-order valence-electron chi connectivity index (χ2n) is 4.99. The first kappa shape index (κ1) is 13.4. The van der Waals surface area contributed by atoms with Crippen LogP contribution in [0.4, 0.5) is 0 Å². The molecule has 0 fully saturated rings. The summed E-state index contributed by atoms with van der Waals surface area (Å²) in [5.74, 6) is 0.481. The summed E-state index contributed by atoms with van der Waals surface area (Å²) in [6.45, 7) is 0.340. The van der Waals surface area contributed by atoms with E-state index in [9.17, 15) is 9.90 Å². The summed E-state index contributed by atoms with van der Waals surface area (Å²) in [6.07, 6.45) is 1.17. The van der Waals surface area contributed by atoms with E-state index in [2.05, 4.69) is 10.1 Å². The van der Waals surface area contributed by atoms with Crippen molar-refractivity contribution in [1.82, 2.24) is 14.8 Å². The molecule has 1 unspecified atom stereocenters. The Labute approximate surface area is 120 Å². The highest BCUT2D eigenvalue weighted by Crippen LogP contribution is 2.31. The van der Waals surface area contributed by atoms with Crippen LogP contribution in [0.1, 0.15) is 12.2 Å². The Hall–Kier alpha value is -2.57. The molecule has 0 saturated heterocycles. The fraction of sp³-hybridized carbons (Fsp3) is 0.357. The Morgan fingerprint density at radius 3 is 3.00 bits per heavy atom. The fourth-order valence-corrected chi connectivity index (χ4v) is 2.45. The fourth-order valence-electron chi connectivity index (χ4n) is 2.45. The van der Waals surface area contributed by atoms with E-state index in [0.29, 0.717) is 31.0 Å².